The molecule has 0 aromatic heterocycles. The van der Waals surface area contributed by atoms with Gasteiger partial charge in [-0.15, -0.1) is 0 Å². The van der Waals surface area contributed by atoms with E-state index in [4.69, 9.17) is 11.6 Å². The molecule has 0 aliphatic carbocycles. The zero-order valence-electron chi connectivity index (χ0n) is 12.8. The number of nitro groups is 1. The topological polar surface area (TPSA) is 92.5 Å². The van der Waals surface area contributed by atoms with E-state index in [1.54, 1.807) is 36.4 Å². The molecule has 0 saturated carbocycles. The number of hydrogen-bond acceptors (Lipinski definition) is 4. The highest BCUT2D eigenvalue weighted by Crippen LogP contribution is 2.21. The molecule has 1 unspecified atom stereocenters. The van der Waals surface area contributed by atoms with Crippen molar-refractivity contribution in [3.63, 3.8) is 0 Å². The summed E-state index contributed by atoms with van der Waals surface area (Å²) in [5, 5.41) is 23.9. The first-order chi connectivity index (χ1) is 11.5. The van der Waals surface area contributed by atoms with Gasteiger partial charge in [0.2, 0.25) is 5.91 Å². The van der Waals surface area contributed by atoms with Gasteiger partial charge in [0.25, 0.3) is 5.69 Å². The molecule has 0 radical (unpaired) electrons. The Bertz CT molecular complexity index is 736. The number of aliphatic hydroxyl groups excluding tert-OH is 1. The molecule has 126 valence electrons. The summed E-state index contributed by atoms with van der Waals surface area (Å²) in [6.45, 7) is 0.0531. The zero-order valence-corrected chi connectivity index (χ0v) is 13.6. The third-order valence-electron chi connectivity index (χ3n) is 3.52. The molecule has 1 atom stereocenters. The van der Waals surface area contributed by atoms with Crippen LogP contribution in [0.25, 0.3) is 0 Å². The van der Waals surface area contributed by atoms with Crippen LogP contribution in [0.3, 0.4) is 0 Å². The molecule has 0 bridgehead atoms. The van der Waals surface area contributed by atoms with Crippen molar-refractivity contribution in [3.05, 3.63) is 74.8 Å². The molecular weight excluding hydrogens is 332 g/mol. The van der Waals surface area contributed by atoms with Gasteiger partial charge in [-0.3, -0.25) is 14.9 Å². The first kappa shape index (κ1) is 17.9. The molecule has 0 saturated heterocycles. The number of rotatable bonds is 7. The molecule has 6 nitrogen and oxygen atoms in total. The number of aryl methyl sites for hydroxylation is 1. The Kier molecular flexibility index (Phi) is 6.28. The maximum atomic E-state index is 11.9. The number of carbonyl (C=O) groups excluding carboxylic acids is 1. The molecule has 0 aliphatic heterocycles. The van der Waals surface area contributed by atoms with Crippen molar-refractivity contribution in [3.8, 4) is 0 Å². The molecule has 2 aromatic carbocycles. The molecule has 7 heteroatoms. The van der Waals surface area contributed by atoms with E-state index in [0.29, 0.717) is 22.6 Å². The third kappa shape index (κ3) is 5.04. The summed E-state index contributed by atoms with van der Waals surface area (Å²) in [4.78, 5) is 22.1. The van der Waals surface area contributed by atoms with Gasteiger partial charge in [-0.2, -0.15) is 0 Å². The highest BCUT2D eigenvalue weighted by molar-refractivity contribution is 6.31. The van der Waals surface area contributed by atoms with Crippen LogP contribution in [0.15, 0.2) is 48.5 Å². The van der Waals surface area contributed by atoms with Crippen LogP contribution in [0.2, 0.25) is 5.02 Å². The molecule has 24 heavy (non-hydrogen) atoms. The predicted octanol–water partition coefficient (Wildman–Crippen LogP) is 3.03. The van der Waals surface area contributed by atoms with E-state index in [0.717, 1.165) is 0 Å². The van der Waals surface area contributed by atoms with Crippen molar-refractivity contribution in [2.45, 2.75) is 18.9 Å². The van der Waals surface area contributed by atoms with Crippen molar-refractivity contribution < 1.29 is 14.8 Å². The van der Waals surface area contributed by atoms with Crippen molar-refractivity contribution in [2.24, 2.45) is 0 Å². The largest absolute Gasteiger partial charge is 0.387 e. The first-order valence-corrected chi connectivity index (χ1v) is 7.77. The average molecular weight is 349 g/mol. The van der Waals surface area contributed by atoms with Crippen LogP contribution < -0.4 is 5.32 Å². The van der Waals surface area contributed by atoms with E-state index >= 15 is 0 Å². The fourth-order valence-electron chi connectivity index (χ4n) is 2.24. The summed E-state index contributed by atoms with van der Waals surface area (Å²) in [6.07, 6.45) is -0.327. The molecular formula is C17H17ClN2O4. The minimum Gasteiger partial charge on any atom is -0.387 e. The minimum absolute atomic E-state index is 0.00190. The van der Waals surface area contributed by atoms with Gasteiger partial charge in [0, 0.05) is 35.7 Å². The Labute approximate surface area is 144 Å². The van der Waals surface area contributed by atoms with E-state index in [-0.39, 0.29) is 24.6 Å². The number of nitrogens with zero attached hydrogens (tertiary/aromatic N) is 1. The Morgan fingerprint density at radius 1 is 1.25 bits per heavy atom. The number of non-ortho nitro benzene ring substituents is 1. The average Bonchev–Trinajstić information content (AvgIpc) is 2.58. The number of amides is 1. The van der Waals surface area contributed by atoms with Crippen LogP contribution in [-0.4, -0.2) is 22.5 Å². The normalized spacial score (nSPS) is 11.8. The molecule has 1 amide bonds. The molecule has 2 rings (SSSR count). The first-order valence-electron chi connectivity index (χ1n) is 7.40. The quantitative estimate of drug-likeness (QED) is 0.594. The van der Waals surface area contributed by atoms with E-state index in [1.165, 1.54) is 12.1 Å². The smallest absolute Gasteiger partial charge is 0.269 e. The standard InChI is InChI=1S/C17H17ClN2O4/c18-15-7-2-1-6-14(15)16(21)11-19-17(22)9-8-12-4-3-5-13(10-12)20(23)24/h1-7,10,16,21H,8-9,11H2,(H,19,22). The van der Waals surface area contributed by atoms with Crippen LogP contribution in [0, 0.1) is 10.1 Å². The van der Waals surface area contributed by atoms with Crippen molar-refractivity contribution in [1.29, 1.82) is 0 Å². The number of nitrogens with one attached hydrogen (secondary N) is 1. The molecule has 0 spiro atoms. The number of aliphatic hydroxyl groups is 1. The van der Waals surface area contributed by atoms with Crippen LogP contribution in [-0.2, 0) is 11.2 Å². The molecule has 0 aliphatic rings. The van der Waals surface area contributed by atoms with Crippen molar-refractivity contribution in [2.75, 3.05) is 6.54 Å². The van der Waals surface area contributed by atoms with Crippen molar-refractivity contribution in [1.82, 2.24) is 5.32 Å². The summed E-state index contributed by atoms with van der Waals surface area (Å²) in [7, 11) is 0. The number of carbonyl (C=O) groups is 1. The number of nitro benzene ring substituents is 1. The highest BCUT2D eigenvalue weighted by atomic mass is 35.5. The lowest BCUT2D eigenvalue weighted by Crippen LogP contribution is -2.28. The third-order valence-corrected chi connectivity index (χ3v) is 3.86. The second-order valence-corrected chi connectivity index (χ2v) is 5.68. The molecule has 0 fully saturated rings. The fourth-order valence-corrected chi connectivity index (χ4v) is 2.50. The lowest BCUT2D eigenvalue weighted by molar-refractivity contribution is -0.384. The van der Waals surface area contributed by atoms with Gasteiger partial charge in [-0.25, -0.2) is 0 Å². The Balaban J connectivity index is 1.82. The Morgan fingerprint density at radius 3 is 2.71 bits per heavy atom. The second kappa shape index (κ2) is 8.42. The summed E-state index contributed by atoms with van der Waals surface area (Å²) in [6, 6.07) is 13.1. The predicted molar refractivity (Wildman–Crippen MR) is 90.8 cm³/mol. The Morgan fingerprint density at radius 2 is 2.00 bits per heavy atom. The van der Waals surface area contributed by atoms with E-state index in [1.807, 2.05) is 0 Å². The zero-order chi connectivity index (χ0) is 17.5. The molecule has 2 N–H and O–H groups in total. The van der Waals surface area contributed by atoms with Gasteiger partial charge in [0.05, 0.1) is 11.0 Å². The highest BCUT2D eigenvalue weighted by Gasteiger charge is 2.13. The van der Waals surface area contributed by atoms with Gasteiger partial charge < -0.3 is 10.4 Å². The lowest BCUT2D eigenvalue weighted by atomic mass is 10.1. The molecule has 2 aromatic rings. The van der Waals surface area contributed by atoms with E-state index in [9.17, 15) is 20.0 Å². The maximum Gasteiger partial charge on any atom is 0.269 e. The Hall–Kier alpha value is -2.44. The van der Waals surface area contributed by atoms with Gasteiger partial charge in [0.1, 0.15) is 0 Å². The van der Waals surface area contributed by atoms with Crippen LogP contribution >= 0.6 is 11.6 Å². The fraction of sp³-hybridized carbons (Fsp3) is 0.235. The maximum absolute atomic E-state index is 11.9. The number of benzene rings is 2. The summed E-state index contributed by atoms with van der Waals surface area (Å²) < 4.78 is 0. The number of hydrogen-bond donors (Lipinski definition) is 2. The molecule has 0 heterocycles. The van der Waals surface area contributed by atoms with E-state index < -0.39 is 11.0 Å². The van der Waals surface area contributed by atoms with Crippen molar-refractivity contribution >= 4 is 23.2 Å². The van der Waals surface area contributed by atoms with Crippen LogP contribution in [0.4, 0.5) is 5.69 Å². The number of halogens is 1. The second-order valence-electron chi connectivity index (χ2n) is 5.27. The summed E-state index contributed by atoms with van der Waals surface area (Å²) in [5.41, 5.74) is 1.27. The van der Waals surface area contributed by atoms with E-state index in [2.05, 4.69) is 5.32 Å². The van der Waals surface area contributed by atoms with Gasteiger partial charge >= 0.3 is 0 Å². The van der Waals surface area contributed by atoms with Gasteiger partial charge in [-0.05, 0) is 18.1 Å². The van der Waals surface area contributed by atoms with Gasteiger partial charge in [-0.1, -0.05) is 41.9 Å². The minimum atomic E-state index is -0.888. The van der Waals surface area contributed by atoms with Crippen LogP contribution in [0.1, 0.15) is 23.7 Å². The van der Waals surface area contributed by atoms with Gasteiger partial charge in [0.15, 0.2) is 0 Å². The summed E-state index contributed by atoms with van der Waals surface area (Å²) >= 11 is 5.99. The van der Waals surface area contributed by atoms with Crippen LogP contribution in [0.5, 0.6) is 0 Å². The SMILES string of the molecule is O=C(CCc1cccc([N+](=O)[O-])c1)NCC(O)c1ccccc1Cl. The lowest BCUT2D eigenvalue weighted by Gasteiger charge is -2.13. The summed E-state index contributed by atoms with van der Waals surface area (Å²) in [5.74, 6) is -0.243. The monoisotopic (exact) mass is 348 g/mol.